The zero-order valence-corrected chi connectivity index (χ0v) is 10.3. The van der Waals surface area contributed by atoms with Gasteiger partial charge < -0.3 is 0 Å². The molecule has 0 aromatic heterocycles. The van der Waals surface area contributed by atoms with Crippen LogP contribution in [0.25, 0.3) is 0 Å². The first kappa shape index (κ1) is 10.7. The van der Waals surface area contributed by atoms with Crippen molar-refractivity contribution in [2.24, 2.45) is 0 Å². The molecule has 0 N–H and O–H groups in total. The van der Waals surface area contributed by atoms with Crippen LogP contribution < -0.4 is 0 Å². The Labute approximate surface area is 92.7 Å². The van der Waals surface area contributed by atoms with E-state index in [1.807, 2.05) is 32.0 Å². The molecule has 1 rings (SSSR count). The van der Waals surface area contributed by atoms with Crippen LogP contribution >= 0.6 is 22.6 Å². The van der Waals surface area contributed by atoms with Gasteiger partial charge in [-0.2, -0.15) is 0 Å². The average molecular weight is 288 g/mol. The lowest BCUT2D eigenvalue weighted by molar-refractivity contribution is -0.121. The van der Waals surface area contributed by atoms with Crippen molar-refractivity contribution in [3.05, 3.63) is 33.4 Å². The Kier molecular flexibility index (Phi) is 3.11. The third-order valence-corrected chi connectivity index (χ3v) is 3.10. The van der Waals surface area contributed by atoms with Crippen molar-refractivity contribution in [2.45, 2.75) is 26.2 Å². The normalized spacial score (nSPS) is 11.4. The molecule has 0 radical (unpaired) electrons. The van der Waals surface area contributed by atoms with Crippen LogP contribution in [0.2, 0.25) is 0 Å². The van der Waals surface area contributed by atoms with Crippen LogP contribution in [0.1, 0.15) is 26.3 Å². The van der Waals surface area contributed by atoms with Crippen LogP contribution in [-0.4, -0.2) is 5.78 Å². The summed E-state index contributed by atoms with van der Waals surface area (Å²) in [7, 11) is 0. The van der Waals surface area contributed by atoms with Gasteiger partial charge in [-0.25, -0.2) is 0 Å². The lowest BCUT2D eigenvalue weighted by Crippen LogP contribution is -2.26. The highest BCUT2D eigenvalue weighted by molar-refractivity contribution is 14.1. The van der Waals surface area contributed by atoms with Crippen molar-refractivity contribution < 1.29 is 4.79 Å². The van der Waals surface area contributed by atoms with E-state index in [0.717, 1.165) is 5.56 Å². The maximum absolute atomic E-state index is 11.4. The number of hydrogen-bond acceptors (Lipinski definition) is 1. The van der Waals surface area contributed by atoms with Crippen LogP contribution in [0.5, 0.6) is 0 Å². The molecular formula is C11H13IO. The van der Waals surface area contributed by atoms with Crippen LogP contribution in [0.4, 0.5) is 0 Å². The molecule has 0 aliphatic heterocycles. The Balaban J connectivity index is 3.14. The molecule has 0 saturated heterocycles. The van der Waals surface area contributed by atoms with E-state index in [2.05, 4.69) is 28.7 Å². The molecule has 0 aliphatic carbocycles. The Bertz CT molecular complexity index is 329. The third kappa shape index (κ3) is 2.30. The van der Waals surface area contributed by atoms with E-state index in [0.29, 0.717) is 0 Å². The van der Waals surface area contributed by atoms with Gasteiger partial charge in [0.25, 0.3) is 0 Å². The molecule has 0 saturated carbocycles. The summed E-state index contributed by atoms with van der Waals surface area (Å²) in [6.45, 7) is 5.56. The highest BCUT2D eigenvalue weighted by Gasteiger charge is 2.25. The standard InChI is InChI=1S/C11H13IO/c1-8(13)11(2,3)9-5-4-6-10(12)7-9/h4-7H,1-3H3. The van der Waals surface area contributed by atoms with Crippen LogP contribution in [-0.2, 0) is 10.2 Å². The number of rotatable bonds is 2. The second-order valence-electron chi connectivity index (χ2n) is 3.69. The zero-order chi connectivity index (χ0) is 10.1. The van der Waals surface area contributed by atoms with E-state index in [-0.39, 0.29) is 11.2 Å². The molecule has 0 heterocycles. The van der Waals surface area contributed by atoms with Crippen molar-refractivity contribution in [1.82, 2.24) is 0 Å². The Hall–Kier alpha value is -0.380. The van der Waals surface area contributed by atoms with Crippen molar-refractivity contribution in [3.63, 3.8) is 0 Å². The highest BCUT2D eigenvalue weighted by Crippen LogP contribution is 2.25. The molecule has 0 amide bonds. The highest BCUT2D eigenvalue weighted by atomic mass is 127. The predicted octanol–water partition coefficient (Wildman–Crippen LogP) is 3.16. The summed E-state index contributed by atoms with van der Waals surface area (Å²) in [4.78, 5) is 11.4. The minimum Gasteiger partial charge on any atom is -0.299 e. The molecule has 0 aliphatic rings. The van der Waals surface area contributed by atoms with Crippen molar-refractivity contribution in [1.29, 1.82) is 0 Å². The number of benzene rings is 1. The Morgan fingerprint density at radius 3 is 2.46 bits per heavy atom. The molecule has 13 heavy (non-hydrogen) atoms. The summed E-state index contributed by atoms with van der Waals surface area (Å²) in [5, 5.41) is 0. The first-order chi connectivity index (χ1) is 5.94. The van der Waals surface area contributed by atoms with Crippen LogP contribution in [0.3, 0.4) is 0 Å². The summed E-state index contributed by atoms with van der Waals surface area (Å²) >= 11 is 2.26. The minimum atomic E-state index is -0.360. The number of carbonyl (C=O) groups is 1. The predicted molar refractivity (Wildman–Crippen MR) is 62.9 cm³/mol. The number of ketones is 1. The molecule has 0 unspecified atom stereocenters. The Morgan fingerprint density at radius 2 is 2.00 bits per heavy atom. The molecule has 0 fully saturated rings. The molecule has 70 valence electrons. The van der Waals surface area contributed by atoms with Gasteiger partial charge in [0, 0.05) is 8.99 Å². The first-order valence-electron chi connectivity index (χ1n) is 4.21. The molecule has 1 aromatic rings. The summed E-state index contributed by atoms with van der Waals surface area (Å²) in [5.41, 5.74) is 0.730. The van der Waals surface area contributed by atoms with E-state index in [9.17, 15) is 4.79 Å². The monoisotopic (exact) mass is 288 g/mol. The van der Waals surface area contributed by atoms with E-state index in [1.54, 1.807) is 6.92 Å². The van der Waals surface area contributed by atoms with Gasteiger partial charge in [-0.05, 0) is 61.1 Å². The first-order valence-corrected chi connectivity index (χ1v) is 5.29. The fraction of sp³-hybridized carbons (Fsp3) is 0.364. The molecule has 2 heteroatoms. The van der Waals surface area contributed by atoms with Gasteiger partial charge in [0.15, 0.2) is 0 Å². The quantitative estimate of drug-likeness (QED) is 0.764. The van der Waals surface area contributed by atoms with E-state index in [4.69, 9.17) is 0 Å². The molecule has 1 nitrogen and oxygen atoms in total. The van der Waals surface area contributed by atoms with Gasteiger partial charge in [-0.1, -0.05) is 12.1 Å². The average Bonchev–Trinajstić information content (AvgIpc) is 2.04. The number of hydrogen-bond donors (Lipinski definition) is 0. The second kappa shape index (κ2) is 3.78. The summed E-state index contributed by atoms with van der Waals surface area (Å²) in [5.74, 6) is 0.203. The smallest absolute Gasteiger partial charge is 0.139 e. The molecule has 1 aromatic carbocycles. The van der Waals surface area contributed by atoms with E-state index < -0.39 is 0 Å². The van der Waals surface area contributed by atoms with Crippen molar-refractivity contribution >= 4 is 28.4 Å². The lowest BCUT2D eigenvalue weighted by Gasteiger charge is -2.21. The maximum atomic E-state index is 11.4. The minimum absolute atomic E-state index is 0.203. The van der Waals surface area contributed by atoms with Gasteiger partial charge in [-0.3, -0.25) is 4.79 Å². The zero-order valence-electron chi connectivity index (χ0n) is 8.10. The van der Waals surface area contributed by atoms with Gasteiger partial charge >= 0.3 is 0 Å². The topological polar surface area (TPSA) is 17.1 Å². The van der Waals surface area contributed by atoms with Crippen LogP contribution in [0.15, 0.2) is 24.3 Å². The third-order valence-electron chi connectivity index (χ3n) is 2.43. The number of Topliss-reactive ketones (excluding diaryl/α,β-unsaturated/α-hetero) is 1. The SMILES string of the molecule is CC(=O)C(C)(C)c1cccc(I)c1. The largest absolute Gasteiger partial charge is 0.299 e. The lowest BCUT2D eigenvalue weighted by atomic mass is 9.81. The molecule has 0 atom stereocenters. The summed E-state index contributed by atoms with van der Waals surface area (Å²) in [6.07, 6.45) is 0. The number of halogens is 1. The second-order valence-corrected chi connectivity index (χ2v) is 4.94. The fourth-order valence-electron chi connectivity index (χ4n) is 1.08. The molecular weight excluding hydrogens is 275 g/mol. The van der Waals surface area contributed by atoms with Gasteiger partial charge in [0.1, 0.15) is 5.78 Å². The summed E-state index contributed by atoms with van der Waals surface area (Å²) < 4.78 is 1.17. The van der Waals surface area contributed by atoms with E-state index in [1.165, 1.54) is 3.57 Å². The molecule has 0 spiro atoms. The van der Waals surface area contributed by atoms with Crippen molar-refractivity contribution in [3.8, 4) is 0 Å². The summed E-state index contributed by atoms with van der Waals surface area (Å²) in [6, 6.07) is 8.08. The fourth-order valence-corrected chi connectivity index (χ4v) is 1.62. The Morgan fingerprint density at radius 1 is 1.38 bits per heavy atom. The van der Waals surface area contributed by atoms with Crippen molar-refractivity contribution in [2.75, 3.05) is 0 Å². The van der Waals surface area contributed by atoms with Gasteiger partial charge in [0.2, 0.25) is 0 Å². The van der Waals surface area contributed by atoms with Crippen LogP contribution in [0, 0.1) is 3.57 Å². The number of carbonyl (C=O) groups excluding carboxylic acids is 1. The van der Waals surface area contributed by atoms with Gasteiger partial charge in [-0.15, -0.1) is 0 Å². The van der Waals surface area contributed by atoms with E-state index >= 15 is 0 Å². The maximum Gasteiger partial charge on any atom is 0.139 e. The van der Waals surface area contributed by atoms with Gasteiger partial charge in [0.05, 0.1) is 0 Å². The molecule has 0 bridgehead atoms.